The monoisotopic (exact) mass is 393 g/mol. The molecule has 0 spiro atoms. The number of aryl methyl sites for hydroxylation is 1. The van der Waals surface area contributed by atoms with Gasteiger partial charge in [0.1, 0.15) is 5.75 Å². The number of benzene rings is 2. The number of amides is 1. The molecule has 1 aliphatic rings. The van der Waals surface area contributed by atoms with Crippen molar-refractivity contribution in [3.8, 4) is 5.75 Å². The van der Waals surface area contributed by atoms with Crippen molar-refractivity contribution in [1.29, 1.82) is 0 Å². The van der Waals surface area contributed by atoms with Crippen molar-refractivity contribution in [3.63, 3.8) is 0 Å². The van der Waals surface area contributed by atoms with E-state index in [1.807, 2.05) is 42.5 Å². The Morgan fingerprint density at radius 2 is 1.72 bits per heavy atom. The van der Waals surface area contributed by atoms with Gasteiger partial charge in [0.2, 0.25) is 0 Å². The topological polar surface area (TPSA) is 66.8 Å². The third-order valence-corrected chi connectivity index (χ3v) is 5.19. The minimum Gasteiger partial charge on any atom is -0.503 e. The molecule has 5 heteroatoms. The lowest BCUT2D eigenvalue weighted by atomic mass is 9.82. The molecule has 0 aromatic heterocycles. The summed E-state index contributed by atoms with van der Waals surface area (Å²) in [4.78, 5) is 27.8. The zero-order valence-corrected chi connectivity index (χ0v) is 17.5. The maximum atomic E-state index is 13.2. The molecule has 152 valence electrons. The Kier molecular flexibility index (Phi) is 5.51. The van der Waals surface area contributed by atoms with Gasteiger partial charge in [0.15, 0.2) is 11.5 Å². The smallest absolute Gasteiger partial charge is 0.294 e. The van der Waals surface area contributed by atoms with Crippen molar-refractivity contribution in [3.05, 3.63) is 71.0 Å². The zero-order valence-electron chi connectivity index (χ0n) is 17.5. The average molecular weight is 393 g/mol. The molecule has 2 aromatic carbocycles. The van der Waals surface area contributed by atoms with Crippen LogP contribution in [0.5, 0.6) is 5.75 Å². The molecule has 1 heterocycles. The molecule has 0 saturated heterocycles. The summed E-state index contributed by atoms with van der Waals surface area (Å²) in [5.41, 5.74) is 1.75. The molecule has 1 unspecified atom stereocenters. The Balaban J connectivity index is 2.22. The van der Waals surface area contributed by atoms with Crippen LogP contribution in [0.25, 0.3) is 0 Å². The Morgan fingerprint density at radius 1 is 1.10 bits per heavy atom. The quantitative estimate of drug-likeness (QED) is 0.794. The number of ether oxygens (including phenoxy) is 1. The van der Waals surface area contributed by atoms with Crippen molar-refractivity contribution < 1.29 is 19.4 Å². The largest absolute Gasteiger partial charge is 0.503 e. The summed E-state index contributed by atoms with van der Waals surface area (Å²) >= 11 is 0. The lowest BCUT2D eigenvalue weighted by Gasteiger charge is -2.30. The van der Waals surface area contributed by atoms with Gasteiger partial charge in [-0.1, -0.05) is 58.0 Å². The lowest BCUT2D eigenvalue weighted by molar-refractivity contribution is -0.123. The van der Waals surface area contributed by atoms with Crippen LogP contribution in [0.1, 0.15) is 44.9 Å². The lowest BCUT2D eigenvalue weighted by Crippen LogP contribution is -2.33. The van der Waals surface area contributed by atoms with Crippen LogP contribution in [0.2, 0.25) is 0 Å². The Labute approximate surface area is 171 Å². The van der Waals surface area contributed by atoms with Gasteiger partial charge in [-0.15, -0.1) is 0 Å². The molecule has 3 rings (SSSR count). The third-order valence-electron chi connectivity index (χ3n) is 5.19. The normalized spacial score (nSPS) is 17.1. The number of aliphatic hydroxyl groups excluding tert-OH is 1. The number of carbonyl (C=O) groups excluding carboxylic acids is 2. The van der Waals surface area contributed by atoms with Crippen molar-refractivity contribution >= 4 is 17.4 Å². The summed E-state index contributed by atoms with van der Waals surface area (Å²) in [6.07, 6.45) is 0.876. The predicted octanol–water partition coefficient (Wildman–Crippen LogP) is 4.77. The molecule has 0 saturated carbocycles. The van der Waals surface area contributed by atoms with E-state index in [9.17, 15) is 14.7 Å². The fourth-order valence-electron chi connectivity index (χ4n) is 3.59. The molecule has 0 bridgehead atoms. The molecule has 1 aliphatic heterocycles. The maximum Gasteiger partial charge on any atom is 0.294 e. The van der Waals surface area contributed by atoms with Crippen molar-refractivity contribution in [2.45, 2.75) is 40.2 Å². The first-order valence-corrected chi connectivity index (χ1v) is 9.74. The number of anilines is 1. The first kappa shape index (κ1) is 20.6. The molecule has 0 fully saturated rings. The fraction of sp³-hybridized carbons (Fsp3) is 0.333. The maximum absolute atomic E-state index is 13.2. The minimum atomic E-state index is -0.766. The van der Waals surface area contributed by atoms with E-state index >= 15 is 0 Å². The van der Waals surface area contributed by atoms with E-state index in [-0.39, 0.29) is 11.4 Å². The first-order valence-electron chi connectivity index (χ1n) is 9.74. The molecule has 1 atom stereocenters. The highest BCUT2D eigenvalue weighted by molar-refractivity contribution is 6.17. The van der Waals surface area contributed by atoms with Gasteiger partial charge < -0.3 is 9.84 Å². The van der Waals surface area contributed by atoms with Gasteiger partial charge in [0, 0.05) is 16.7 Å². The van der Waals surface area contributed by atoms with Crippen molar-refractivity contribution in [2.75, 3.05) is 12.0 Å². The van der Waals surface area contributed by atoms with E-state index in [1.54, 1.807) is 33.9 Å². The second-order valence-corrected chi connectivity index (χ2v) is 8.18. The molecule has 1 N–H and O–H groups in total. The van der Waals surface area contributed by atoms with Crippen molar-refractivity contribution in [2.24, 2.45) is 5.41 Å². The van der Waals surface area contributed by atoms with E-state index in [2.05, 4.69) is 6.92 Å². The number of hydrogen-bond donors (Lipinski definition) is 1. The summed E-state index contributed by atoms with van der Waals surface area (Å²) in [5, 5.41) is 10.7. The third kappa shape index (κ3) is 3.65. The number of para-hydroxylation sites is 1. The number of ketones is 1. The fourth-order valence-corrected chi connectivity index (χ4v) is 3.59. The van der Waals surface area contributed by atoms with E-state index in [0.717, 1.165) is 12.0 Å². The molecule has 0 radical (unpaired) electrons. The standard InChI is InChI=1S/C24H27NO4/c1-6-15-11-13-16(14-12-15)25-20(17-9-7-8-10-18(17)29-5)19(21(26)23(25)28)22(27)24(2,3)4/h7-14,20,26H,6H2,1-5H3. The van der Waals surface area contributed by atoms with Crippen LogP contribution in [-0.2, 0) is 16.0 Å². The minimum absolute atomic E-state index is 0.103. The Bertz CT molecular complexity index is 967. The highest BCUT2D eigenvalue weighted by Crippen LogP contribution is 2.45. The van der Waals surface area contributed by atoms with E-state index in [1.165, 1.54) is 4.90 Å². The van der Waals surface area contributed by atoms with E-state index in [4.69, 9.17) is 4.74 Å². The van der Waals surface area contributed by atoms with Gasteiger partial charge in [-0.05, 0) is 30.2 Å². The summed E-state index contributed by atoms with van der Waals surface area (Å²) < 4.78 is 5.51. The van der Waals surface area contributed by atoms with E-state index in [0.29, 0.717) is 17.0 Å². The SMILES string of the molecule is CCc1ccc(N2C(=O)C(O)=C(C(=O)C(C)(C)C)C2c2ccccc2OC)cc1. The molecule has 5 nitrogen and oxygen atoms in total. The van der Waals surface area contributed by atoms with Crippen LogP contribution < -0.4 is 9.64 Å². The van der Waals surface area contributed by atoms with Crippen LogP contribution in [-0.4, -0.2) is 23.9 Å². The van der Waals surface area contributed by atoms with Crippen LogP contribution in [0.3, 0.4) is 0 Å². The van der Waals surface area contributed by atoms with Gasteiger partial charge in [-0.25, -0.2) is 0 Å². The van der Waals surface area contributed by atoms with Crippen molar-refractivity contribution in [1.82, 2.24) is 0 Å². The summed E-state index contributed by atoms with van der Waals surface area (Å²) in [7, 11) is 1.55. The van der Waals surface area contributed by atoms with Gasteiger partial charge >= 0.3 is 0 Å². The summed E-state index contributed by atoms with van der Waals surface area (Å²) in [5.74, 6) is -0.806. The molecule has 2 aromatic rings. The van der Waals surface area contributed by atoms with Gasteiger partial charge in [-0.3, -0.25) is 14.5 Å². The van der Waals surface area contributed by atoms with Crippen LogP contribution in [0.15, 0.2) is 59.9 Å². The number of nitrogens with zero attached hydrogens (tertiary/aromatic N) is 1. The number of carbonyl (C=O) groups is 2. The van der Waals surface area contributed by atoms with E-state index < -0.39 is 23.1 Å². The van der Waals surface area contributed by atoms with Crippen LogP contribution in [0, 0.1) is 5.41 Å². The average Bonchev–Trinajstić information content (AvgIpc) is 2.97. The summed E-state index contributed by atoms with van der Waals surface area (Å²) in [6.45, 7) is 7.38. The second-order valence-electron chi connectivity index (χ2n) is 8.18. The van der Waals surface area contributed by atoms with Gasteiger partial charge in [-0.2, -0.15) is 0 Å². The first-order chi connectivity index (χ1) is 13.7. The summed E-state index contributed by atoms with van der Waals surface area (Å²) in [6, 6.07) is 14.1. The number of Topliss-reactive ketones (excluding diaryl/α,β-unsaturated/α-hetero) is 1. The number of aliphatic hydroxyl groups is 1. The van der Waals surface area contributed by atoms with Crippen LogP contribution in [0.4, 0.5) is 5.69 Å². The molecular weight excluding hydrogens is 366 g/mol. The molecule has 0 aliphatic carbocycles. The molecule has 29 heavy (non-hydrogen) atoms. The highest BCUT2D eigenvalue weighted by Gasteiger charge is 2.47. The number of rotatable bonds is 5. The van der Waals surface area contributed by atoms with Gasteiger partial charge in [0.05, 0.1) is 18.7 Å². The molecule has 1 amide bonds. The number of methoxy groups -OCH3 is 1. The van der Waals surface area contributed by atoms with Gasteiger partial charge in [0.25, 0.3) is 5.91 Å². The van der Waals surface area contributed by atoms with Crippen LogP contribution >= 0.6 is 0 Å². The zero-order chi connectivity index (χ0) is 21.3. The predicted molar refractivity (Wildman–Crippen MR) is 113 cm³/mol. The second kappa shape index (κ2) is 7.74. The Morgan fingerprint density at radius 3 is 2.28 bits per heavy atom. The number of hydrogen-bond acceptors (Lipinski definition) is 4. The highest BCUT2D eigenvalue weighted by atomic mass is 16.5. The Hall–Kier alpha value is -3.08. The molecular formula is C24H27NO4.